The molecule has 5 nitrogen and oxygen atoms in total. The van der Waals surface area contributed by atoms with E-state index in [0.717, 1.165) is 19.3 Å². The van der Waals surface area contributed by atoms with Gasteiger partial charge in [0.25, 0.3) is 0 Å². The zero-order valence-electron chi connectivity index (χ0n) is 10.2. The summed E-state index contributed by atoms with van der Waals surface area (Å²) in [5.41, 5.74) is 1.38. The van der Waals surface area contributed by atoms with E-state index in [2.05, 4.69) is 16.7 Å². The molecule has 0 bridgehead atoms. The van der Waals surface area contributed by atoms with E-state index in [1.54, 1.807) is 6.92 Å². The first-order chi connectivity index (χ1) is 8.13. The van der Waals surface area contributed by atoms with Crippen LogP contribution in [0.2, 0.25) is 0 Å². The molecule has 0 unspecified atom stereocenters. The van der Waals surface area contributed by atoms with Crippen molar-refractivity contribution in [2.24, 2.45) is 0 Å². The minimum absolute atomic E-state index is 0.383. The largest absolute Gasteiger partial charge is 0.480 e. The number of carbonyl (C=O) groups is 2. The maximum Gasteiger partial charge on any atom is 0.326 e. The van der Waals surface area contributed by atoms with Gasteiger partial charge in [-0.15, -0.1) is 0 Å². The molecule has 1 rings (SSSR count). The van der Waals surface area contributed by atoms with Gasteiger partial charge in [0.2, 0.25) is 0 Å². The van der Waals surface area contributed by atoms with E-state index in [9.17, 15) is 9.59 Å². The van der Waals surface area contributed by atoms with Gasteiger partial charge in [-0.3, -0.25) is 0 Å². The van der Waals surface area contributed by atoms with Gasteiger partial charge in [0, 0.05) is 6.54 Å². The SMILES string of the molecule is CC[C@@H](NC(=O)NCCC1=CCCC1)C(=O)O. The van der Waals surface area contributed by atoms with E-state index < -0.39 is 18.0 Å². The Kier molecular flexibility index (Phi) is 5.52. The Bertz CT molecular complexity index is 313. The summed E-state index contributed by atoms with van der Waals surface area (Å²) in [7, 11) is 0. The van der Waals surface area contributed by atoms with E-state index in [-0.39, 0.29) is 0 Å². The second-order valence-electron chi connectivity index (χ2n) is 4.20. The van der Waals surface area contributed by atoms with E-state index in [0.29, 0.717) is 13.0 Å². The van der Waals surface area contributed by atoms with Crippen molar-refractivity contribution in [2.45, 2.75) is 45.1 Å². The van der Waals surface area contributed by atoms with E-state index in [4.69, 9.17) is 5.11 Å². The quantitative estimate of drug-likeness (QED) is 0.618. The van der Waals surface area contributed by atoms with Crippen LogP contribution in [-0.2, 0) is 4.79 Å². The number of carboxylic acids is 1. The molecule has 0 heterocycles. The first-order valence-electron chi connectivity index (χ1n) is 6.08. The van der Waals surface area contributed by atoms with Gasteiger partial charge in [0.1, 0.15) is 6.04 Å². The molecule has 0 aromatic rings. The third-order valence-electron chi connectivity index (χ3n) is 2.88. The molecule has 0 aliphatic heterocycles. The van der Waals surface area contributed by atoms with E-state index >= 15 is 0 Å². The number of hydrogen-bond donors (Lipinski definition) is 3. The molecular formula is C12H20N2O3. The summed E-state index contributed by atoms with van der Waals surface area (Å²) in [5.74, 6) is -0.999. The van der Waals surface area contributed by atoms with Gasteiger partial charge < -0.3 is 15.7 Å². The fourth-order valence-electron chi connectivity index (χ4n) is 1.85. The Morgan fingerprint density at radius 3 is 2.82 bits per heavy atom. The molecule has 0 saturated heterocycles. The maximum absolute atomic E-state index is 11.4. The number of urea groups is 1. The van der Waals surface area contributed by atoms with Crippen LogP contribution < -0.4 is 10.6 Å². The van der Waals surface area contributed by atoms with Crippen LogP contribution in [0.4, 0.5) is 4.79 Å². The van der Waals surface area contributed by atoms with Crippen molar-refractivity contribution in [2.75, 3.05) is 6.54 Å². The fraction of sp³-hybridized carbons (Fsp3) is 0.667. The Morgan fingerprint density at radius 1 is 1.53 bits per heavy atom. The highest BCUT2D eigenvalue weighted by atomic mass is 16.4. The monoisotopic (exact) mass is 240 g/mol. The molecule has 0 aromatic heterocycles. The standard InChI is InChI=1S/C12H20N2O3/c1-2-10(11(15)16)14-12(17)13-8-7-9-5-3-4-6-9/h5,10H,2-4,6-8H2,1H3,(H,15,16)(H2,13,14,17)/t10-/m1/s1. The minimum atomic E-state index is -0.999. The van der Waals surface area contributed by atoms with Gasteiger partial charge in [-0.25, -0.2) is 9.59 Å². The first kappa shape index (κ1) is 13.5. The molecule has 1 aliphatic rings. The predicted octanol–water partition coefficient (Wildman–Crippen LogP) is 1.65. The van der Waals surface area contributed by atoms with E-state index in [1.807, 2.05) is 0 Å². The average molecular weight is 240 g/mol. The van der Waals surface area contributed by atoms with Crippen molar-refractivity contribution in [3.8, 4) is 0 Å². The van der Waals surface area contributed by atoms with Crippen LogP contribution in [0.5, 0.6) is 0 Å². The topological polar surface area (TPSA) is 78.4 Å². The van der Waals surface area contributed by atoms with Gasteiger partial charge in [0.05, 0.1) is 0 Å². The van der Waals surface area contributed by atoms with Crippen LogP contribution >= 0.6 is 0 Å². The first-order valence-corrected chi connectivity index (χ1v) is 6.08. The van der Waals surface area contributed by atoms with Crippen LogP contribution in [0, 0.1) is 0 Å². The van der Waals surface area contributed by atoms with Crippen molar-refractivity contribution >= 4 is 12.0 Å². The lowest BCUT2D eigenvalue weighted by Gasteiger charge is -2.13. The highest BCUT2D eigenvalue weighted by Crippen LogP contribution is 2.19. The number of aliphatic carboxylic acids is 1. The third kappa shape index (κ3) is 4.89. The van der Waals surface area contributed by atoms with Crippen LogP contribution in [0.25, 0.3) is 0 Å². The van der Waals surface area contributed by atoms with Crippen LogP contribution in [0.3, 0.4) is 0 Å². The molecular weight excluding hydrogens is 220 g/mol. The van der Waals surface area contributed by atoms with Crippen molar-refractivity contribution < 1.29 is 14.7 Å². The zero-order chi connectivity index (χ0) is 12.7. The molecule has 2 amide bonds. The summed E-state index contributed by atoms with van der Waals surface area (Å²) in [6.07, 6.45) is 6.92. The maximum atomic E-state index is 11.4. The molecule has 0 aromatic carbocycles. The summed E-state index contributed by atoms with van der Waals surface area (Å²) in [6.45, 7) is 2.29. The number of nitrogens with one attached hydrogen (secondary N) is 2. The van der Waals surface area contributed by atoms with Crippen LogP contribution in [0.15, 0.2) is 11.6 Å². The Morgan fingerprint density at radius 2 is 2.29 bits per heavy atom. The molecule has 0 radical (unpaired) electrons. The predicted molar refractivity (Wildman–Crippen MR) is 64.8 cm³/mol. The summed E-state index contributed by atoms with van der Waals surface area (Å²) in [4.78, 5) is 22.1. The highest BCUT2D eigenvalue weighted by Gasteiger charge is 2.16. The van der Waals surface area contributed by atoms with E-state index in [1.165, 1.54) is 12.0 Å². The molecule has 0 saturated carbocycles. The van der Waals surface area contributed by atoms with Gasteiger partial charge in [-0.05, 0) is 32.1 Å². The van der Waals surface area contributed by atoms with Gasteiger partial charge in [-0.1, -0.05) is 18.6 Å². The minimum Gasteiger partial charge on any atom is -0.480 e. The summed E-state index contributed by atoms with van der Waals surface area (Å²) >= 11 is 0. The lowest BCUT2D eigenvalue weighted by atomic mass is 10.2. The molecule has 1 atom stereocenters. The number of amides is 2. The second kappa shape index (κ2) is 6.93. The van der Waals surface area contributed by atoms with Crippen molar-refractivity contribution in [3.63, 3.8) is 0 Å². The Hall–Kier alpha value is -1.52. The van der Waals surface area contributed by atoms with Crippen molar-refractivity contribution in [1.82, 2.24) is 10.6 Å². The molecule has 5 heteroatoms. The molecule has 1 aliphatic carbocycles. The van der Waals surface area contributed by atoms with Crippen LogP contribution in [0.1, 0.15) is 39.0 Å². The van der Waals surface area contributed by atoms with Gasteiger partial charge in [0.15, 0.2) is 0 Å². The van der Waals surface area contributed by atoms with Gasteiger partial charge >= 0.3 is 12.0 Å². The number of rotatable bonds is 6. The molecule has 0 fully saturated rings. The highest BCUT2D eigenvalue weighted by molar-refractivity contribution is 5.82. The van der Waals surface area contributed by atoms with Crippen LogP contribution in [-0.4, -0.2) is 29.7 Å². The fourth-order valence-corrected chi connectivity index (χ4v) is 1.85. The molecule has 0 spiro atoms. The number of carboxylic acid groups (broad SMARTS) is 1. The summed E-state index contributed by atoms with van der Waals surface area (Å²) in [6, 6.07) is -1.21. The lowest BCUT2D eigenvalue weighted by Crippen LogP contribution is -2.45. The number of carbonyl (C=O) groups excluding carboxylic acids is 1. The Labute approximate surface area is 101 Å². The third-order valence-corrected chi connectivity index (χ3v) is 2.88. The second-order valence-corrected chi connectivity index (χ2v) is 4.20. The zero-order valence-corrected chi connectivity index (χ0v) is 10.2. The number of allylic oxidation sites excluding steroid dienone is 1. The molecule has 3 N–H and O–H groups in total. The summed E-state index contributed by atoms with van der Waals surface area (Å²) < 4.78 is 0. The summed E-state index contributed by atoms with van der Waals surface area (Å²) in [5, 5.41) is 13.9. The average Bonchev–Trinajstić information content (AvgIpc) is 2.78. The van der Waals surface area contributed by atoms with Crippen molar-refractivity contribution in [3.05, 3.63) is 11.6 Å². The van der Waals surface area contributed by atoms with Crippen molar-refractivity contribution in [1.29, 1.82) is 0 Å². The normalized spacial score (nSPS) is 16.2. The lowest BCUT2D eigenvalue weighted by molar-refractivity contribution is -0.139. The Balaban J connectivity index is 2.18. The molecule has 17 heavy (non-hydrogen) atoms. The smallest absolute Gasteiger partial charge is 0.326 e. The number of hydrogen-bond acceptors (Lipinski definition) is 2. The molecule has 96 valence electrons. The van der Waals surface area contributed by atoms with Gasteiger partial charge in [-0.2, -0.15) is 0 Å².